The lowest BCUT2D eigenvalue weighted by Gasteiger charge is -2.18. The van der Waals surface area contributed by atoms with Crippen LogP contribution in [0.1, 0.15) is 43.1 Å². The molecule has 1 aromatic carbocycles. The second-order valence-electron chi connectivity index (χ2n) is 6.11. The lowest BCUT2D eigenvalue weighted by Crippen LogP contribution is -2.37. The van der Waals surface area contributed by atoms with Crippen molar-refractivity contribution in [2.45, 2.75) is 39.7 Å². The Kier molecular flexibility index (Phi) is 5.36. The van der Waals surface area contributed by atoms with Gasteiger partial charge in [-0.15, -0.1) is 0 Å². The van der Waals surface area contributed by atoms with E-state index in [2.05, 4.69) is 10.6 Å². The predicted octanol–water partition coefficient (Wildman–Crippen LogP) is 1.89. The molecule has 2 rings (SSSR count). The summed E-state index contributed by atoms with van der Waals surface area (Å²) in [5.74, 6) is -0.546. The molecule has 6 nitrogen and oxygen atoms in total. The monoisotopic (exact) mass is 318 g/mol. The molecular weight excluding hydrogens is 296 g/mol. The fourth-order valence-electron chi connectivity index (χ4n) is 2.24. The minimum atomic E-state index is -0.850. The number of anilines is 1. The molecule has 1 heterocycles. The van der Waals surface area contributed by atoms with Crippen LogP contribution in [0.4, 0.5) is 5.69 Å². The minimum Gasteiger partial charge on any atom is -0.449 e. The minimum absolute atomic E-state index is 0.0247. The summed E-state index contributed by atoms with van der Waals surface area (Å²) in [5, 5.41) is 5.49. The number of rotatable bonds is 5. The second-order valence-corrected chi connectivity index (χ2v) is 6.11. The first-order valence-electron chi connectivity index (χ1n) is 7.78. The van der Waals surface area contributed by atoms with Gasteiger partial charge in [0, 0.05) is 18.7 Å². The average molecular weight is 318 g/mol. The Hall–Kier alpha value is -2.37. The van der Waals surface area contributed by atoms with Gasteiger partial charge in [-0.25, -0.2) is 4.79 Å². The summed E-state index contributed by atoms with van der Waals surface area (Å²) in [4.78, 5) is 35.3. The van der Waals surface area contributed by atoms with Crippen molar-refractivity contribution in [1.82, 2.24) is 5.32 Å². The number of carbonyl (C=O) groups excluding carboxylic acids is 3. The summed E-state index contributed by atoms with van der Waals surface area (Å²) in [6.45, 7) is 6.07. The maximum absolute atomic E-state index is 12.2. The van der Waals surface area contributed by atoms with Gasteiger partial charge in [-0.05, 0) is 43.0 Å². The van der Waals surface area contributed by atoms with Gasteiger partial charge in [-0.2, -0.15) is 0 Å². The van der Waals surface area contributed by atoms with E-state index in [0.29, 0.717) is 30.9 Å². The van der Waals surface area contributed by atoms with Crippen LogP contribution in [-0.2, 0) is 20.7 Å². The first kappa shape index (κ1) is 17.0. The Morgan fingerprint density at radius 1 is 1.26 bits per heavy atom. The van der Waals surface area contributed by atoms with Crippen molar-refractivity contribution >= 4 is 23.5 Å². The van der Waals surface area contributed by atoms with Gasteiger partial charge in [0.15, 0.2) is 6.10 Å². The molecule has 2 amide bonds. The highest BCUT2D eigenvalue weighted by Gasteiger charge is 2.21. The van der Waals surface area contributed by atoms with E-state index in [0.717, 1.165) is 11.3 Å². The van der Waals surface area contributed by atoms with Gasteiger partial charge in [-0.1, -0.05) is 13.8 Å². The smallest absolute Gasteiger partial charge is 0.338 e. The highest BCUT2D eigenvalue weighted by molar-refractivity contribution is 5.96. The molecule has 6 heteroatoms. The van der Waals surface area contributed by atoms with Crippen molar-refractivity contribution in [2.24, 2.45) is 5.92 Å². The number of fused-ring (bicyclic) bond motifs is 1. The molecule has 2 N–H and O–H groups in total. The van der Waals surface area contributed by atoms with Gasteiger partial charge < -0.3 is 15.4 Å². The van der Waals surface area contributed by atoms with Crippen molar-refractivity contribution in [2.75, 3.05) is 11.9 Å². The zero-order chi connectivity index (χ0) is 17.0. The third kappa shape index (κ3) is 4.55. The molecule has 1 aliphatic rings. The Labute approximate surface area is 135 Å². The van der Waals surface area contributed by atoms with E-state index in [1.54, 1.807) is 25.1 Å². The fourth-order valence-corrected chi connectivity index (χ4v) is 2.24. The summed E-state index contributed by atoms with van der Waals surface area (Å²) in [6, 6.07) is 4.98. The molecule has 0 saturated heterocycles. The van der Waals surface area contributed by atoms with E-state index in [9.17, 15) is 14.4 Å². The standard InChI is InChI=1S/C17H22N2O4/c1-10(2)9-18-16(21)11(3)23-17(22)13-4-6-14-12(8-13)5-7-15(20)19-14/h4,6,8,10-11H,5,7,9H2,1-3H3,(H,18,21)(H,19,20). The largest absolute Gasteiger partial charge is 0.449 e. The van der Waals surface area contributed by atoms with Crippen LogP contribution in [0.25, 0.3) is 0 Å². The van der Waals surface area contributed by atoms with Crippen molar-refractivity contribution < 1.29 is 19.1 Å². The quantitative estimate of drug-likeness (QED) is 0.812. The number of carbonyl (C=O) groups is 3. The maximum atomic E-state index is 12.2. The number of hydrogen-bond acceptors (Lipinski definition) is 4. The van der Waals surface area contributed by atoms with Crippen LogP contribution in [0.5, 0.6) is 0 Å². The van der Waals surface area contributed by atoms with Gasteiger partial charge in [0.25, 0.3) is 5.91 Å². The Balaban J connectivity index is 1.98. The van der Waals surface area contributed by atoms with Crippen molar-refractivity contribution in [3.8, 4) is 0 Å². The third-order valence-electron chi connectivity index (χ3n) is 3.57. The van der Waals surface area contributed by atoms with E-state index >= 15 is 0 Å². The van der Waals surface area contributed by atoms with Crippen LogP contribution in [-0.4, -0.2) is 30.4 Å². The topological polar surface area (TPSA) is 84.5 Å². The normalized spacial score (nSPS) is 14.7. The first-order chi connectivity index (χ1) is 10.9. The number of ether oxygens (including phenoxy) is 1. The fraction of sp³-hybridized carbons (Fsp3) is 0.471. The summed E-state index contributed by atoms with van der Waals surface area (Å²) >= 11 is 0. The molecule has 124 valence electrons. The molecule has 23 heavy (non-hydrogen) atoms. The predicted molar refractivity (Wildman–Crippen MR) is 86.1 cm³/mol. The van der Waals surface area contributed by atoms with Gasteiger partial charge in [0.2, 0.25) is 5.91 Å². The Bertz CT molecular complexity index is 625. The number of esters is 1. The van der Waals surface area contributed by atoms with E-state index in [1.807, 2.05) is 13.8 Å². The zero-order valence-electron chi connectivity index (χ0n) is 13.6. The van der Waals surface area contributed by atoms with Crippen LogP contribution >= 0.6 is 0 Å². The van der Waals surface area contributed by atoms with E-state index in [1.165, 1.54) is 0 Å². The summed E-state index contributed by atoms with van der Waals surface area (Å²) in [5.41, 5.74) is 2.00. The molecule has 1 atom stereocenters. The van der Waals surface area contributed by atoms with Crippen molar-refractivity contribution in [3.05, 3.63) is 29.3 Å². The molecule has 1 unspecified atom stereocenters. The highest BCUT2D eigenvalue weighted by Crippen LogP contribution is 2.24. The van der Waals surface area contributed by atoms with Crippen LogP contribution < -0.4 is 10.6 Å². The summed E-state index contributed by atoms with van der Waals surface area (Å²) in [6.07, 6.45) is 0.142. The first-order valence-corrected chi connectivity index (χ1v) is 7.78. The SMILES string of the molecule is CC(C)CNC(=O)C(C)OC(=O)c1ccc2c(c1)CCC(=O)N2. The van der Waals surface area contributed by atoms with E-state index in [4.69, 9.17) is 4.74 Å². The number of amides is 2. The zero-order valence-corrected chi connectivity index (χ0v) is 13.6. The van der Waals surface area contributed by atoms with E-state index in [-0.39, 0.29) is 11.8 Å². The lowest BCUT2D eigenvalue weighted by molar-refractivity contribution is -0.129. The molecule has 0 radical (unpaired) electrons. The van der Waals surface area contributed by atoms with Gasteiger partial charge in [-0.3, -0.25) is 9.59 Å². The molecule has 1 aliphatic heterocycles. The Morgan fingerprint density at radius 2 is 2.00 bits per heavy atom. The highest BCUT2D eigenvalue weighted by atomic mass is 16.5. The molecule has 0 aliphatic carbocycles. The molecule has 0 saturated carbocycles. The van der Waals surface area contributed by atoms with Crippen LogP contribution in [0.2, 0.25) is 0 Å². The Morgan fingerprint density at radius 3 is 2.70 bits per heavy atom. The van der Waals surface area contributed by atoms with Crippen LogP contribution in [0.15, 0.2) is 18.2 Å². The number of hydrogen-bond donors (Lipinski definition) is 2. The number of aryl methyl sites for hydroxylation is 1. The average Bonchev–Trinajstić information content (AvgIpc) is 2.51. The van der Waals surface area contributed by atoms with E-state index < -0.39 is 12.1 Å². The lowest BCUT2D eigenvalue weighted by atomic mass is 10.0. The van der Waals surface area contributed by atoms with Crippen LogP contribution in [0, 0.1) is 5.92 Å². The summed E-state index contributed by atoms with van der Waals surface area (Å²) in [7, 11) is 0. The number of benzene rings is 1. The molecule has 0 aromatic heterocycles. The van der Waals surface area contributed by atoms with Crippen LogP contribution in [0.3, 0.4) is 0 Å². The summed E-state index contributed by atoms with van der Waals surface area (Å²) < 4.78 is 5.20. The van der Waals surface area contributed by atoms with Crippen molar-refractivity contribution in [1.29, 1.82) is 0 Å². The van der Waals surface area contributed by atoms with Crippen molar-refractivity contribution in [3.63, 3.8) is 0 Å². The van der Waals surface area contributed by atoms with Gasteiger partial charge in [0.1, 0.15) is 0 Å². The number of nitrogens with one attached hydrogen (secondary N) is 2. The third-order valence-corrected chi connectivity index (χ3v) is 3.57. The molecular formula is C17H22N2O4. The molecule has 1 aromatic rings. The maximum Gasteiger partial charge on any atom is 0.338 e. The second kappa shape index (κ2) is 7.26. The van der Waals surface area contributed by atoms with Gasteiger partial charge >= 0.3 is 5.97 Å². The van der Waals surface area contributed by atoms with Gasteiger partial charge in [0.05, 0.1) is 5.56 Å². The molecule has 0 spiro atoms. The molecule has 0 bridgehead atoms. The molecule has 0 fully saturated rings.